The highest BCUT2D eigenvalue weighted by molar-refractivity contribution is 5.77. The molecule has 0 fully saturated rings. The Morgan fingerprint density at radius 3 is 2.44 bits per heavy atom. The van der Waals surface area contributed by atoms with E-state index in [1.807, 2.05) is 34.9 Å². The van der Waals surface area contributed by atoms with Crippen molar-refractivity contribution in [3.63, 3.8) is 0 Å². The Morgan fingerprint density at radius 2 is 1.75 bits per heavy atom. The number of ether oxygens (including phenoxy) is 1. The van der Waals surface area contributed by atoms with E-state index in [1.54, 1.807) is 7.05 Å². The fourth-order valence-electron chi connectivity index (χ4n) is 4.69. The number of aromatic nitrogens is 4. The van der Waals surface area contributed by atoms with Crippen molar-refractivity contribution in [3.05, 3.63) is 86.6 Å². The van der Waals surface area contributed by atoms with Crippen LogP contribution in [0.5, 0.6) is 0 Å². The minimum absolute atomic E-state index is 0.0718. The van der Waals surface area contributed by atoms with Crippen LogP contribution in [0.15, 0.2) is 64.2 Å². The van der Waals surface area contributed by atoms with Crippen molar-refractivity contribution >= 4 is 28.8 Å². The smallest absolute Gasteiger partial charge is 0.333 e. The summed E-state index contributed by atoms with van der Waals surface area (Å²) in [5.41, 5.74) is 2.51. The summed E-state index contributed by atoms with van der Waals surface area (Å²) in [5.74, 6) is 0.201. The molecule has 9 nitrogen and oxygen atoms in total. The molecule has 2 aromatic carbocycles. The molecule has 0 saturated carbocycles. The zero-order valence-electron chi connectivity index (χ0n) is 20.7. The molecular weight excluding hydrogens is 458 g/mol. The summed E-state index contributed by atoms with van der Waals surface area (Å²) in [6, 6.07) is 17.5. The molecule has 186 valence electrons. The average molecular weight is 488 g/mol. The zero-order valence-corrected chi connectivity index (χ0v) is 20.7. The first-order valence-electron chi connectivity index (χ1n) is 12.1. The molecule has 4 aromatic rings. The molecule has 0 N–H and O–H groups in total. The predicted molar refractivity (Wildman–Crippen MR) is 137 cm³/mol. The Bertz CT molecular complexity index is 1530. The summed E-state index contributed by atoms with van der Waals surface area (Å²) in [4.78, 5) is 46.0. The van der Waals surface area contributed by atoms with Gasteiger partial charge < -0.3 is 14.2 Å². The molecule has 3 heterocycles. The molecule has 0 amide bonds. The number of benzene rings is 2. The average Bonchev–Trinajstić information content (AvgIpc) is 3.28. The first kappa shape index (κ1) is 23.6. The standard InChI is InChI=1S/C27H29N5O4/c1-4-19-10-12-21(13-11-19)30-14-18(2)15-31-23-24(28-26(30)31)29(3)27(35)32(25(23)34)16-22(33)36-17-20-8-6-5-7-9-20/h5-13,18H,4,14-17H2,1-3H3/t18-/m1/s1. The van der Waals surface area contributed by atoms with E-state index in [2.05, 4.69) is 43.0 Å². The minimum atomic E-state index is -0.651. The van der Waals surface area contributed by atoms with Crippen molar-refractivity contribution in [3.8, 4) is 0 Å². The summed E-state index contributed by atoms with van der Waals surface area (Å²) in [7, 11) is 1.57. The second-order valence-corrected chi connectivity index (χ2v) is 9.31. The van der Waals surface area contributed by atoms with Gasteiger partial charge in [0.1, 0.15) is 13.2 Å². The lowest BCUT2D eigenvalue weighted by molar-refractivity contribution is -0.145. The van der Waals surface area contributed by atoms with Crippen molar-refractivity contribution in [2.24, 2.45) is 13.0 Å². The second-order valence-electron chi connectivity index (χ2n) is 9.31. The molecule has 0 spiro atoms. The van der Waals surface area contributed by atoms with Crippen molar-refractivity contribution in [1.82, 2.24) is 18.7 Å². The highest BCUT2D eigenvalue weighted by Gasteiger charge is 2.30. The lowest BCUT2D eigenvalue weighted by Crippen LogP contribution is -2.42. The first-order chi connectivity index (χ1) is 17.4. The van der Waals surface area contributed by atoms with Gasteiger partial charge in [-0.2, -0.15) is 4.98 Å². The van der Waals surface area contributed by atoms with Crippen LogP contribution in [0.1, 0.15) is 25.0 Å². The topological polar surface area (TPSA) is 91.4 Å². The number of aryl methyl sites for hydroxylation is 2. The normalized spacial score (nSPS) is 15.2. The van der Waals surface area contributed by atoms with Gasteiger partial charge in [0.2, 0.25) is 5.95 Å². The van der Waals surface area contributed by atoms with Crippen LogP contribution in [0.3, 0.4) is 0 Å². The Morgan fingerprint density at radius 1 is 1.03 bits per heavy atom. The molecule has 9 heteroatoms. The van der Waals surface area contributed by atoms with Crippen molar-refractivity contribution in [1.29, 1.82) is 0 Å². The molecule has 1 atom stereocenters. The number of anilines is 2. The second kappa shape index (κ2) is 9.49. The number of nitrogens with zero attached hydrogens (tertiary/aromatic N) is 5. The van der Waals surface area contributed by atoms with Crippen LogP contribution in [0.25, 0.3) is 11.2 Å². The van der Waals surface area contributed by atoms with E-state index in [4.69, 9.17) is 9.72 Å². The molecule has 36 heavy (non-hydrogen) atoms. The fourth-order valence-corrected chi connectivity index (χ4v) is 4.69. The fraction of sp³-hybridized carbons (Fsp3) is 0.333. The lowest BCUT2D eigenvalue weighted by atomic mass is 10.1. The van der Waals surface area contributed by atoms with Gasteiger partial charge >= 0.3 is 11.7 Å². The molecular formula is C27H29N5O4. The Kier molecular flexibility index (Phi) is 6.22. The molecule has 0 radical (unpaired) electrons. The maximum atomic E-state index is 13.5. The Balaban J connectivity index is 1.53. The Labute approximate surface area is 208 Å². The number of hydrogen-bond acceptors (Lipinski definition) is 6. The van der Waals surface area contributed by atoms with Gasteiger partial charge in [-0.25, -0.2) is 9.36 Å². The van der Waals surface area contributed by atoms with Gasteiger partial charge in [0.15, 0.2) is 11.2 Å². The van der Waals surface area contributed by atoms with Crippen LogP contribution in [0, 0.1) is 5.92 Å². The number of carbonyl (C=O) groups excluding carboxylic acids is 1. The summed E-state index contributed by atoms with van der Waals surface area (Å²) in [5, 5.41) is 0. The van der Waals surface area contributed by atoms with Crippen molar-refractivity contribution in [2.75, 3.05) is 11.4 Å². The van der Waals surface area contributed by atoms with E-state index in [-0.39, 0.29) is 12.5 Å². The molecule has 1 aliphatic heterocycles. The van der Waals surface area contributed by atoms with Gasteiger partial charge in [-0.05, 0) is 35.6 Å². The maximum absolute atomic E-state index is 13.5. The van der Waals surface area contributed by atoms with Crippen LogP contribution < -0.4 is 16.1 Å². The highest BCUT2D eigenvalue weighted by Crippen LogP contribution is 2.32. The van der Waals surface area contributed by atoms with Crippen LogP contribution in [-0.4, -0.2) is 31.2 Å². The quantitative estimate of drug-likeness (QED) is 0.389. The molecule has 2 aromatic heterocycles. The van der Waals surface area contributed by atoms with E-state index in [9.17, 15) is 14.4 Å². The number of hydrogen-bond donors (Lipinski definition) is 0. The third-order valence-electron chi connectivity index (χ3n) is 6.63. The van der Waals surface area contributed by atoms with Crippen LogP contribution in [-0.2, 0) is 42.7 Å². The summed E-state index contributed by atoms with van der Waals surface area (Å²) in [6.45, 7) is 5.16. The molecule has 0 saturated heterocycles. The van der Waals surface area contributed by atoms with Crippen molar-refractivity contribution < 1.29 is 9.53 Å². The van der Waals surface area contributed by atoms with Gasteiger partial charge in [0.05, 0.1) is 0 Å². The highest BCUT2D eigenvalue weighted by atomic mass is 16.5. The van der Waals surface area contributed by atoms with E-state index >= 15 is 0 Å². The number of rotatable bonds is 6. The molecule has 0 unspecified atom stereocenters. The lowest BCUT2D eigenvalue weighted by Gasteiger charge is -2.33. The van der Waals surface area contributed by atoms with Gasteiger partial charge in [0, 0.05) is 25.8 Å². The van der Waals surface area contributed by atoms with Gasteiger partial charge in [0.25, 0.3) is 5.56 Å². The summed E-state index contributed by atoms with van der Waals surface area (Å²) >= 11 is 0. The molecule has 0 aliphatic carbocycles. The minimum Gasteiger partial charge on any atom is -0.459 e. The number of imidazole rings is 1. The largest absolute Gasteiger partial charge is 0.459 e. The number of carbonyl (C=O) groups is 1. The zero-order chi connectivity index (χ0) is 25.4. The van der Waals surface area contributed by atoms with Gasteiger partial charge in [-0.1, -0.05) is 56.3 Å². The van der Waals surface area contributed by atoms with E-state index in [1.165, 1.54) is 10.1 Å². The predicted octanol–water partition coefficient (Wildman–Crippen LogP) is 2.99. The molecule has 1 aliphatic rings. The van der Waals surface area contributed by atoms with Crippen LogP contribution in [0.4, 0.5) is 11.6 Å². The van der Waals surface area contributed by atoms with E-state index in [0.717, 1.165) is 28.8 Å². The van der Waals surface area contributed by atoms with Gasteiger partial charge in [-0.15, -0.1) is 0 Å². The third kappa shape index (κ3) is 4.21. The molecule has 0 bridgehead atoms. The Hall–Kier alpha value is -4.14. The van der Waals surface area contributed by atoms with E-state index < -0.39 is 23.8 Å². The SMILES string of the molecule is CCc1ccc(N2C[C@@H](C)Cn3c2nc2c3c(=O)n(CC(=O)OCc3ccccc3)c(=O)n2C)cc1. The first-order valence-corrected chi connectivity index (χ1v) is 12.1. The number of esters is 1. The van der Waals surface area contributed by atoms with E-state index in [0.29, 0.717) is 23.7 Å². The third-order valence-corrected chi connectivity index (χ3v) is 6.63. The van der Waals surface area contributed by atoms with Crippen LogP contribution >= 0.6 is 0 Å². The van der Waals surface area contributed by atoms with Gasteiger partial charge in [-0.3, -0.25) is 14.2 Å². The van der Waals surface area contributed by atoms with Crippen molar-refractivity contribution in [2.45, 2.75) is 40.0 Å². The summed E-state index contributed by atoms with van der Waals surface area (Å²) in [6.07, 6.45) is 0.949. The number of fused-ring (bicyclic) bond motifs is 3. The maximum Gasteiger partial charge on any atom is 0.333 e. The summed E-state index contributed by atoms with van der Waals surface area (Å²) < 4.78 is 9.45. The van der Waals surface area contributed by atoms with Crippen LogP contribution in [0.2, 0.25) is 0 Å². The monoisotopic (exact) mass is 487 g/mol. The molecule has 5 rings (SSSR count).